The van der Waals surface area contributed by atoms with Gasteiger partial charge < -0.3 is 5.32 Å². The molecule has 0 aliphatic heterocycles. The number of thioether (sulfide) groups is 1. The Kier molecular flexibility index (Phi) is 4.83. The number of hydrogen-bond acceptors (Lipinski definition) is 5. The number of nitrogens with zero attached hydrogens (tertiary/aromatic N) is 2. The molecule has 0 spiro atoms. The van der Waals surface area contributed by atoms with E-state index in [4.69, 9.17) is 0 Å². The van der Waals surface area contributed by atoms with E-state index >= 15 is 0 Å². The van der Waals surface area contributed by atoms with Gasteiger partial charge in [-0.25, -0.2) is 4.98 Å². The summed E-state index contributed by atoms with van der Waals surface area (Å²) in [5, 5.41) is 15.7. The van der Waals surface area contributed by atoms with Gasteiger partial charge in [0, 0.05) is 28.9 Å². The molecule has 1 heterocycles. The van der Waals surface area contributed by atoms with E-state index in [1.165, 1.54) is 0 Å². The fourth-order valence-electron chi connectivity index (χ4n) is 1.79. The minimum atomic E-state index is 0.337. The minimum absolute atomic E-state index is 0.337. The maximum atomic E-state index is 9.27. The molecule has 1 aromatic carbocycles. The van der Waals surface area contributed by atoms with E-state index in [0.717, 1.165) is 27.7 Å². The van der Waals surface area contributed by atoms with Crippen LogP contribution in [0.5, 0.6) is 0 Å². The zero-order valence-corrected chi connectivity index (χ0v) is 12.5. The largest absolute Gasteiger partial charge is 0.383 e. The number of rotatable bonds is 5. The second-order valence-corrected chi connectivity index (χ2v) is 5.92. The highest BCUT2D eigenvalue weighted by molar-refractivity contribution is 7.98. The number of nitriles is 1. The molecule has 0 saturated carbocycles. The SMILES string of the molecule is CSc1cccc(NCC(C)c2nccs2)c1C#N. The minimum Gasteiger partial charge on any atom is -0.383 e. The Balaban J connectivity index is 2.10. The summed E-state index contributed by atoms with van der Waals surface area (Å²) in [6, 6.07) is 8.17. The Hall–Kier alpha value is -1.51. The average Bonchev–Trinajstić information content (AvgIpc) is 2.98. The van der Waals surface area contributed by atoms with E-state index < -0.39 is 0 Å². The van der Waals surface area contributed by atoms with Crippen molar-refractivity contribution >= 4 is 28.8 Å². The molecule has 0 fully saturated rings. The van der Waals surface area contributed by atoms with E-state index in [1.54, 1.807) is 23.1 Å². The summed E-state index contributed by atoms with van der Waals surface area (Å²) >= 11 is 3.26. The molecule has 2 aromatic rings. The van der Waals surface area contributed by atoms with Crippen molar-refractivity contribution in [1.82, 2.24) is 4.98 Å². The predicted molar refractivity (Wildman–Crippen MR) is 82.0 cm³/mol. The zero-order chi connectivity index (χ0) is 13.7. The van der Waals surface area contributed by atoms with E-state index in [2.05, 4.69) is 23.3 Å². The normalized spacial score (nSPS) is 11.8. The molecule has 0 radical (unpaired) electrons. The molecule has 2 rings (SSSR count). The van der Waals surface area contributed by atoms with Crippen molar-refractivity contribution in [3.05, 3.63) is 40.3 Å². The van der Waals surface area contributed by atoms with Crippen molar-refractivity contribution < 1.29 is 0 Å². The maximum absolute atomic E-state index is 9.27. The third-order valence-electron chi connectivity index (χ3n) is 2.83. The van der Waals surface area contributed by atoms with E-state index in [0.29, 0.717) is 5.92 Å². The number of anilines is 1. The Morgan fingerprint density at radius 1 is 1.53 bits per heavy atom. The lowest BCUT2D eigenvalue weighted by Gasteiger charge is -2.13. The van der Waals surface area contributed by atoms with Crippen LogP contribution in [0.25, 0.3) is 0 Å². The Morgan fingerprint density at radius 3 is 3.00 bits per heavy atom. The number of thiazole rings is 1. The smallest absolute Gasteiger partial charge is 0.102 e. The van der Waals surface area contributed by atoms with Crippen molar-refractivity contribution in [2.45, 2.75) is 17.7 Å². The van der Waals surface area contributed by atoms with Gasteiger partial charge in [0.25, 0.3) is 0 Å². The molecular formula is C14H15N3S2. The van der Waals surface area contributed by atoms with Crippen LogP contribution < -0.4 is 5.32 Å². The molecular weight excluding hydrogens is 274 g/mol. The lowest BCUT2D eigenvalue weighted by Crippen LogP contribution is -2.10. The van der Waals surface area contributed by atoms with Crippen LogP contribution in [0.4, 0.5) is 5.69 Å². The van der Waals surface area contributed by atoms with Crippen molar-refractivity contribution in [3.8, 4) is 6.07 Å². The fraction of sp³-hybridized carbons (Fsp3) is 0.286. The number of benzene rings is 1. The van der Waals surface area contributed by atoms with Gasteiger partial charge in [-0.15, -0.1) is 23.1 Å². The highest BCUT2D eigenvalue weighted by atomic mass is 32.2. The second-order valence-electron chi connectivity index (χ2n) is 4.15. The molecule has 1 aromatic heterocycles. The number of aromatic nitrogens is 1. The lowest BCUT2D eigenvalue weighted by molar-refractivity contribution is 0.794. The molecule has 19 heavy (non-hydrogen) atoms. The molecule has 1 atom stereocenters. The lowest BCUT2D eigenvalue weighted by atomic mass is 10.1. The predicted octanol–water partition coefficient (Wildman–Crippen LogP) is 3.95. The van der Waals surface area contributed by atoms with Crippen LogP contribution in [-0.4, -0.2) is 17.8 Å². The van der Waals surface area contributed by atoms with Gasteiger partial charge >= 0.3 is 0 Å². The van der Waals surface area contributed by atoms with Crippen molar-refractivity contribution in [2.75, 3.05) is 18.1 Å². The monoisotopic (exact) mass is 289 g/mol. The third-order valence-corrected chi connectivity index (χ3v) is 4.62. The van der Waals surface area contributed by atoms with E-state index in [-0.39, 0.29) is 0 Å². The van der Waals surface area contributed by atoms with E-state index in [9.17, 15) is 5.26 Å². The highest BCUT2D eigenvalue weighted by Crippen LogP contribution is 2.27. The van der Waals surface area contributed by atoms with Crippen LogP contribution >= 0.6 is 23.1 Å². The van der Waals surface area contributed by atoms with Crippen molar-refractivity contribution in [1.29, 1.82) is 5.26 Å². The molecule has 1 N–H and O–H groups in total. The van der Waals surface area contributed by atoms with Crippen LogP contribution in [0.15, 0.2) is 34.7 Å². The van der Waals surface area contributed by atoms with Gasteiger partial charge in [0.05, 0.1) is 16.3 Å². The Morgan fingerprint density at radius 2 is 2.37 bits per heavy atom. The molecule has 98 valence electrons. The van der Waals surface area contributed by atoms with Gasteiger partial charge in [0.1, 0.15) is 6.07 Å². The molecule has 0 aliphatic rings. The first-order chi connectivity index (χ1) is 9.26. The Bertz CT molecular complexity index is 573. The van der Waals surface area contributed by atoms with Crippen LogP contribution in [0.1, 0.15) is 23.4 Å². The number of nitrogens with one attached hydrogen (secondary N) is 1. The van der Waals surface area contributed by atoms with Crippen LogP contribution in [0.2, 0.25) is 0 Å². The second kappa shape index (κ2) is 6.60. The molecule has 5 heteroatoms. The summed E-state index contributed by atoms with van der Waals surface area (Å²) in [7, 11) is 0. The fourth-order valence-corrected chi connectivity index (χ4v) is 3.06. The molecule has 0 amide bonds. The van der Waals surface area contributed by atoms with Crippen LogP contribution in [-0.2, 0) is 0 Å². The quantitative estimate of drug-likeness (QED) is 0.847. The summed E-state index contributed by atoms with van der Waals surface area (Å²) in [4.78, 5) is 5.32. The van der Waals surface area contributed by atoms with Crippen LogP contribution in [0.3, 0.4) is 0 Å². The zero-order valence-electron chi connectivity index (χ0n) is 10.9. The van der Waals surface area contributed by atoms with Gasteiger partial charge in [-0.05, 0) is 18.4 Å². The summed E-state index contributed by atoms with van der Waals surface area (Å²) in [5.74, 6) is 0.337. The van der Waals surface area contributed by atoms with Gasteiger partial charge in [-0.2, -0.15) is 5.26 Å². The first-order valence-corrected chi connectivity index (χ1v) is 8.07. The van der Waals surface area contributed by atoms with Crippen molar-refractivity contribution in [3.63, 3.8) is 0 Å². The number of hydrogen-bond donors (Lipinski definition) is 1. The molecule has 0 bridgehead atoms. The topological polar surface area (TPSA) is 48.7 Å². The summed E-state index contributed by atoms with van der Waals surface area (Å²) in [6.45, 7) is 2.91. The first-order valence-electron chi connectivity index (χ1n) is 5.96. The molecule has 3 nitrogen and oxygen atoms in total. The maximum Gasteiger partial charge on any atom is 0.102 e. The van der Waals surface area contributed by atoms with Gasteiger partial charge in [0.2, 0.25) is 0 Å². The molecule has 0 saturated heterocycles. The summed E-state index contributed by atoms with van der Waals surface area (Å²) < 4.78 is 0. The summed E-state index contributed by atoms with van der Waals surface area (Å²) in [6.07, 6.45) is 3.81. The standard InChI is InChI=1S/C14H15N3S2/c1-10(14-16-6-7-19-14)9-17-12-4-3-5-13(18-2)11(12)8-15/h3-7,10,17H,9H2,1-2H3. The third kappa shape index (κ3) is 3.28. The Labute approximate surface area is 121 Å². The van der Waals surface area contributed by atoms with E-state index in [1.807, 2.05) is 36.0 Å². The summed E-state index contributed by atoms with van der Waals surface area (Å²) in [5.41, 5.74) is 1.62. The highest BCUT2D eigenvalue weighted by Gasteiger charge is 2.11. The van der Waals surface area contributed by atoms with Gasteiger partial charge in [-0.3, -0.25) is 0 Å². The molecule has 0 aliphatic carbocycles. The molecule has 1 unspecified atom stereocenters. The average molecular weight is 289 g/mol. The van der Waals surface area contributed by atoms with Gasteiger partial charge in [-0.1, -0.05) is 13.0 Å². The van der Waals surface area contributed by atoms with Crippen molar-refractivity contribution in [2.24, 2.45) is 0 Å². The van der Waals surface area contributed by atoms with Gasteiger partial charge in [0.15, 0.2) is 0 Å². The first kappa shape index (κ1) is 13.9. The van der Waals surface area contributed by atoms with Crippen LogP contribution in [0, 0.1) is 11.3 Å².